The molecule has 2 aliphatic heterocycles. The van der Waals surface area contributed by atoms with Crippen molar-refractivity contribution in [2.24, 2.45) is 22.2 Å². The van der Waals surface area contributed by atoms with Gasteiger partial charge in [-0.1, -0.05) is 73.6 Å². The summed E-state index contributed by atoms with van der Waals surface area (Å²) in [5, 5.41) is 22.4. The van der Waals surface area contributed by atoms with Crippen LogP contribution < -0.4 is 21.3 Å². The number of aliphatic hydroxyl groups excluding tert-OH is 1. The number of nitrogens with one attached hydrogen (secondary N) is 4. The highest BCUT2D eigenvalue weighted by Crippen LogP contribution is 2.40. The number of ketones is 1. The van der Waals surface area contributed by atoms with Gasteiger partial charge in [0.2, 0.25) is 23.5 Å². The second-order valence-electron chi connectivity index (χ2n) is 18.4. The normalized spacial score (nSPS) is 26.5. The first-order valence-electron chi connectivity index (χ1n) is 19.3. The number of carbonyl (C=O) groups excluding carboxylic acids is 6. The number of urea groups is 1. The van der Waals surface area contributed by atoms with E-state index in [2.05, 4.69) is 35.1 Å². The molecule has 0 aromatic rings. The highest BCUT2D eigenvalue weighted by molar-refractivity contribution is 6.38. The first-order valence-corrected chi connectivity index (χ1v) is 19.3. The van der Waals surface area contributed by atoms with E-state index in [1.807, 2.05) is 32.6 Å². The second-order valence-corrected chi connectivity index (χ2v) is 18.4. The Bertz CT molecular complexity index is 1350. The van der Waals surface area contributed by atoms with Crippen molar-refractivity contribution < 1.29 is 33.9 Å². The van der Waals surface area contributed by atoms with E-state index in [9.17, 15) is 33.9 Å². The van der Waals surface area contributed by atoms with Gasteiger partial charge in [0, 0.05) is 38.5 Å². The van der Waals surface area contributed by atoms with Crippen LogP contribution in [-0.4, -0.2) is 106 Å². The maximum atomic E-state index is 14.6. The van der Waals surface area contributed by atoms with E-state index < -0.39 is 70.6 Å². The molecule has 13 heteroatoms. The summed E-state index contributed by atoms with van der Waals surface area (Å²) in [7, 11) is 0. The topological polar surface area (TPSA) is 177 Å². The second kappa shape index (κ2) is 15.4. The molecule has 51 heavy (non-hydrogen) atoms. The summed E-state index contributed by atoms with van der Waals surface area (Å²) in [6.45, 7) is 13.1. The molecule has 5 rings (SSSR count). The van der Waals surface area contributed by atoms with Crippen LogP contribution in [0.3, 0.4) is 0 Å². The zero-order valence-electron chi connectivity index (χ0n) is 31.6. The van der Waals surface area contributed by atoms with Gasteiger partial charge in [-0.2, -0.15) is 0 Å². The molecule has 286 valence electrons. The summed E-state index contributed by atoms with van der Waals surface area (Å²) in [4.78, 5) is 84.4. The summed E-state index contributed by atoms with van der Waals surface area (Å²) in [6, 6.07) is -3.99. The van der Waals surface area contributed by atoms with E-state index in [1.54, 1.807) is 0 Å². The number of β-amino-alcohol motifs (C(OH)–C–C–N with tert-alkyl or cyclic N) is 1. The number of Topliss-reactive ketones (excluding diaryl/α,β-unsaturated/α-hetero) is 1. The Hall–Kier alpha value is -3.22. The molecular formula is C38H62N6O7. The average molecular weight is 715 g/mol. The van der Waals surface area contributed by atoms with Crippen LogP contribution in [0.5, 0.6) is 0 Å². The molecule has 5 aliphatic rings. The van der Waals surface area contributed by atoms with Gasteiger partial charge in [-0.3, -0.25) is 24.0 Å². The zero-order valence-corrected chi connectivity index (χ0v) is 31.6. The molecule has 5 fully saturated rings. The van der Waals surface area contributed by atoms with Gasteiger partial charge in [-0.15, -0.1) is 0 Å². The van der Waals surface area contributed by atoms with Crippen molar-refractivity contribution in [3.8, 4) is 0 Å². The Morgan fingerprint density at radius 1 is 0.922 bits per heavy atom. The van der Waals surface area contributed by atoms with Crippen LogP contribution in [-0.2, 0) is 24.0 Å². The fourth-order valence-corrected chi connectivity index (χ4v) is 7.94. The molecule has 0 spiro atoms. The third kappa shape index (κ3) is 10.2. The van der Waals surface area contributed by atoms with Crippen molar-refractivity contribution >= 4 is 35.4 Å². The fraction of sp³-hybridized carbons (Fsp3) is 0.842. The van der Waals surface area contributed by atoms with E-state index in [-0.39, 0.29) is 36.2 Å². The molecule has 3 saturated carbocycles. The molecule has 3 aliphatic carbocycles. The zero-order chi connectivity index (χ0) is 37.3. The lowest BCUT2D eigenvalue weighted by atomic mass is 9.70. The minimum Gasteiger partial charge on any atom is -0.391 e. The molecular weight excluding hydrogens is 652 g/mol. The van der Waals surface area contributed by atoms with Gasteiger partial charge in [0.1, 0.15) is 12.1 Å². The van der Waals surface area contributed by atoms with Crippen molar-refractivity contribution in [2.75, 3.05) is 19.6 Å². The number of amides is 6. The van der Waals surface area contributed by atoms with Gasteiger partial charge < -0.3 is 36.2 Å². The van der Waals surface area contributed by atoms with Crippen LogP contribution in [0.25, 0.3) is 0 Å². The van der Waals surface area contributed by atoms with Crippen LogP contribution in [0.15, 0.2) is 0 Å². The molecule has 5 atom stereocenters. The number of piperidine rings is 1. The maximum Gasteiger partial charge on any atom is 0.315 e. The van der Waals surface area contributed by atoms with E-state index >= 15 is 0 Å². The lowest BCUT2D eigenvalue weighted by molar-refractivity contribution is -0.144. The van der Waals surface area contributed by atoms with Crippen molar-refractivity contribution in [1.82, 2.24) is 31.1 Å². The molecule has 0 radical (unpaired) electrons. The molecule has 0 aromatic carbocycles. The van der Waals surface area contributed by atoms with Gasteiger partial charge in [0.15, 0.2) is 0 Å². The van der Waals surface area contributed by atoms with E-state index in [4.69, 9.17) is 0 Å². The lowest BCUT2D eigenvalue weighted by Gasteiger charge is -2.43. The molecule has 0 bridgehead atoms. The Labute approximate surface area is 303 Å². The third-order valence-corrected chi connectivity index (χ3v) is 11.9. The average Bonchev–Trinajstić information content (AvgIpc) is 3.99. The van der Waals surface area contributed by atoms with Crippen LogP contribution in [0.4, 0.5) is 4.79 Å². The van der Waals surface area contributed by atoms with Crippen LogP contribution in [0, 0.1) is 22.2 Å². The third-order valence-electron chi connectivity index (χ3n) is 11.9. The number of aliphatic hydroxyl groups is 1. The maximum absolute atomic E-state index is 14.6. The number of hydrogen-bond acceptors (Lipinski definition) is 7. The molecule has 6 amide bonds. The smallest absolute Gasteiger partial charge is 0.315 e. The predicted molar refractivity (Wildman–Crippen MR) is 191 cm³/mol. The van der Waals surface area contributed by atoms with Gasteiger partial charge in [0.05, 0.1) is 18.2 Å². The number of carbonyl (C=O) groups is 6. The van der Waals surface area contributed by atoms with Gasteiger partial charge in [-0.05, 0) is 60.7 Å². The van der Waals surface area contributed by atoms with Gasteiger partial charge in [0.25, 0.3) is 5.91 Å². The number of rotatable bonds is 13. The summed E-state index contributed by atoms with van der Waals surface area (Å²) < 4.78 is 0. The number of nitrogens with zero attached hydrogens (tertiary/aromatic N) is 2. The Morgan fingerprint density at radius 3 is 2.18 bits per heavy atom. The standard InChI is InChI=1S/C38H62N6O7/c1-36(2,3)28(22-43-17-16-37(4,5)20-29(43)46)41-35(51)42-31(38(6)14-8-7-9-15-38)34(50)44-21-25(45)19-27(44)32(48)40-26(18-23-10-11-23)30(47)33(49)39-24-12-13-24/h23-28,31,45H,7-22H2,1-6H3,(H,39,49)(H,40,48)(H2,41,42,51)/t25?,26?,27-,28+,31+/m0/s1. The van der Waals surface area contributed by atoms with Crippen molar-refractivity contribution in [3.05, 3.63) is 0 Å². The van der Waals surface area contributed by atoms with Crippen LogP contribution >= 0.6 is 0 Å². The molecule has 5 N–H and O–H groups in total. The first-order chi connectivity index (χ1) is 23.8. The van der Waals surface area contributed by atoms with Gasteiger partial charge in [-0.25, -0.2) is 4.79 Å². The molecule has 2 saturated heterocycles. The monoisotopic (exact) mass is 714 g/mol. The Kier molecular flexibility index (Phi) is 11.8. The fourth-order valence-electron chi connectivity index (χ4n) is 7.94. The molecule has 2 unspecified atom stereocenters. The van der Waals surface area contributed by atoms with Crippen molar-refractivity contribution in [3.63, 3.8) is 0 Å². The SMILES string of the molecule is CC1(C)CCN(C[C@@H](NC(=O)N[C@H](C(=O)N2CC(O)C[C@H]2C(=O)NC(CC2CC2)C(=O)C(=O)NC2CC2)C2(C)CCCCC2)C(C)(C)C)C(=O)C1. The quantitative estimate of drug-likeness (QED) is 0.182. The van der Waals surface area contributed by atoms with Crippen molar-refractivity contribution in [1.29, 1.82) is 0 Å². The summed E-state index contributed by atoms with van der Waals surface area (Å²) in [5.74, 6) is -2.12. The number of hydrogen-bond donors (Lipinski definition) is 5. The molecule has 2 heterocycles. The minimum absolute atomic E-state index is 0.00190. The largest absolute Gasteiger partial charge is 0.391 e. The Balaban J connectivity index is 1.31. The summed E-state index contributed by atoms with van der Waals surface area (Å²) in [6.07, 6.45) is 8.40. The summed E-state index contributed by atoms with van der Waals surface area (Å²) in [5.41, 5.74) is -1.06. The highest BCUT2D eigenvalue weighted by atomic mass is 16.3. The minimum atomic E-state index is -1.07. The van der Waals surface area contributed by atoms with Crippen LogP contribution in [0.1, 0.15) is 125 Å². The molecule has 13 nitrogen and oxygen atoms in total. The van der Waals surface area contributed by atoms with E-state index in [1.165, 1.54) is 4.90 Å². The first kappa shape index (κ1) is 39.0. The summed E-state index contributed by atoms with van der Waals surface area (Å²) >= 11 is 0. The highest BCUT2D eigenvalue weighted by Gasteiger charge is 2.49. The van der Waals surface area contributed by atoms with Crippen LogP contribution in [0.2, 0.25) is 0 Å². The van der Waals surface area contributed by atoms with Crippen molar-refractivity contribution in [2.45, 2.75) is 161 Å². The Morgan fingerprint density at radius 2 is 1.59 bits per heavy atom. The van der Waals surface area contributed by atoms with Gasteiger partial charge >= 0.3 is 6.03 Å². The predicted octanol–water partition coefficient (Wildman–Crippen LogP) is 2.78. The van der Waals surface area contributed by atoms with E-state index in [0.29, 0.717) is 38.8 Å². The lowest BCUT2D eigenvalue weighted by Crippen LogP contribution is -2.63. The van der Waals surface area contributed by atoms with E-state index in [0.717, 1.165) is 51.4 Å². The molecule has 0 aromatic heterocycles. The number of likely N-dealkylation sites (tertiary alicyclic amines) is 2.